The molecule has 3 aromatic rings. The summed E-state index contributed by atoms with van der Waals surface area (Å²) in [7, 11) is 0. The maximum absolute atomic E-state index is 14.8. The predicted molar refractivity (Wildman–Crippen MR) is 114 cm³/mol. The monoisotopic (exact) mass is 416 g/mol. The molecule has 6 heteroatoms. The van der Waals surface area contributed by atoms with E-state index in [-0.39, 0.29) is 23.4 Å². The van der Waals surface area contributed by atoms with Gasteiger partial charge in [-0.3, -0.25) is 14.6 Å². The molecule has 1 aliphatic rings. The third-order valence-electron chi connectivity index (χ3n) is 5.58. The summed E-state index contributed by atoms with van der Waals surface area (Å²) in [5.74, 6) is -2.53. The first-order chi connectivity index (χ1) is 14.9. The smallest absolute Gasteiger partial charge is 0.296 e. The molecule has 1 aliphatic heterocycles. The van der Waals surface area contributed by atoms with Crippen LogP contribution in [0.2, 0.25) is 0 Å². The second-order valence-corrected chi connectivity index (χ2v) is 7.57. The number of aliphatic hydroxyl groups is 1. The fourth-order valence-electron chi connectivity index (χ4n) is 3.77. The van der Waals surface area contributed by atoms with Crippen molar-refractivity contribution >= 4 is 17.4 Å². The highest BCUT2D eigenvalue weighted by molar-refractivity contribution is 6.46. The Morgan fingerprint density at radius 1 is 1.03 bits per heavy atom. The zero-order chi connectivity index (χ0) is 22.1. The molecular weight excluding hydrogens is 395 g/mol. The van der Waals surface area contributed by atoms with E-state index in [1.165, 1.54) is 23.1 Å². The number of aryl methyl sites for hydroxylation is 2. The van der Waals surface area contributed by atoms with Gasteiger partial charge in [-0.15, -0.1) is 0 Å². The molecular formula is C25H21FN2O3. The number of carbonyl (C=O) groups excluding carboxylic acids is 2. The van der Waals surface area contributed by atoms with Gasteiger partial charge < -0.3 is 10.0 Å². The minimum Gasteiger partial charge on any atom is -0.507 e. The van der Waals surface area contributed by atoms with Crippen molar-refractivity contribution in [2.24, 2.45) is 0 Å². The van der Waals surface area contributed by atoms with Gasteiger partial charge in [-0.1, -0.05) is 36.4 Å². The van der Waals surface area contributed by atoms with Crippen molar-refractivity contribution in [2.75, 3.05) is 0 Å². The van der Waals surface area contributed by atoms with Crippen molar-refractivity contribution in [2.45, 2.75) is 26.4 Å². The lowest BCUT2D eigenvalue weighted by atomic mass is 9.94. The van der Waals surface area contributed by atoms with Gasteiger partial charge in [0.1, 0.15) is 11.6 Å². The number of pyridine rings is 1. The van der Waals surface area contributed by atoms with Gasteiger partial charge in [-0.25, -0.2) is 4.39 Å². The first-order valence-corrected chi connectivity index (χ1v) is 9.89. The van der Waals surface area contributed by atoms with Gasteiger partial charge in [0, 0.05) is 17.3 Å². The van der Waals surface area contributed by atoms with Gasteiger partial charge in [0.2, 0.25) is 0 Å². The second-order valence-electron chi connectivity index (χ2n) is 7.57. The summed E-state index contributed by atoms with van der Waals surface area (Å²) < 4.78 is 14.8. The third kappa shape index (κ3) is 3.72. The van der Waals surface area contributed by atoms with Crippen molar-refractivity contribution in [3.8, 4) is 0 Å². The van der Waals surface area contributed by atoms with Crippen molar-refractivity contribution in [1.29, 1.82) is 0 Å². The molecule has 1 aromatic heterocycles. The highest BCUT2D eigenvalue weighted by atomic mass is 19.1. The number of Topliss-reactive ketones (excluding diaryl/α,β-unsaturated/α-hetero) is 1. The number of benzene rings is 2. The Morgan fingerprint density at radius 3 is 2.45 bits per heavy atom. The van der Waals surface area contributed by atoms with Crippen LogP contribution in [0.4, 0.5) is 4.39 Å². The lowest BCUT2D eigenvalue weighted by Crippen LogP contribution is -2.30. The molecule has 1 atom stereocenters. The van der Waals surface area contributed by atoms with E-state index in [4.69, 9.17) is 0 Å². The molecule has 156 valence electrons. The normalized spacial score (nSPS) is 17.9. The van der Waals surface area contributed by atoms with Crippen LogP contribution >= 0.6 is 0 Å². The molecule has 0 spiro atoms. The van der Waals surface area contributed by atoms with Crippen LogP contribution in [0.1, 0.15) is 34.0 Å². The van der Waals surface area contributed by atoms with Crippen molar-refractivity contribution < 1.29 is 19.1 Å². The summed E-state index contributed by atoms with van der Waals surface area (Å²) in [6, 6.07) is 15.4. The fourth-order valence-corrected chi connectivity index (χ4v) is 3.77. The number of nitrogens with zero attached hydrogens (tertiary/aromatic N) is 2. The molecule has 5 nitrogen and oxygen atoms in total. The number of hydrogen-bond acceptors (Lipinski definition) is 4. The van der Waals surface area contributed by atoms with Crippen molar-refractivity contribution in [3.63, 3.8) is 0 Å². The Hall–Kier alpha value is -3.80. The molecule has 1 N–H and O–H groups in total. The van der Waals surface area contributed by atoms with E-state index in [1.807, 2.05) is 19.9 Å². The van der Waals surface area contributed by atoms with E-state index in [2.05, 4.69) is 4.98 Å². The Labute approximate surface area is 179 Å². The number of aromatic nitrogens is 1. The summed E-state index contributed by atoms with van der Waals surface area (Å²) >= 11 is 0. The molecule has 0 saturated carbocycles. The standard InChI is InChI=1S/C25H21FN2O3/c1-15-10-11-17(13-16(15)2)23(29)21-22(19-8-3-4-9-20(19)26)28(25(31)24(21)30)14-18-7-5-6-12-27-18/h3-13,22,29H,14H2,1-2H3/b23-21+. The number of rotatable bonds is 4. The Kier molecular flexibility index (Phi) is 5.38. The second kappa shape index (κ2) is 8.14. The van der Waals surface area contributed by atoms with Gasteiger partial charge in [0.25, 0.3) is 11.7 Å². The van der Waals surface area contributed by atoms with Crippen LogP contribution in [0.3, 0.4) is 0 Å². The molecule has 0 aliphatic carbocycles. The van der Waals surface area contributed by atoms with Gasteiger partial charge in [-0.2, -0.15) is 0 Å². The summed E-state index contributed by atoms with van der Waals surface area (Å²) in [6.45, 7) is 3.83. The van der Waals surface area contributed by atoms with Crippen LogP contribution in [0.15, 0.2) is 72.4 Å². The molecule has 1 unspecified atom stereocenters. The minimum atomic E-state index is -1.06. The van der Waals surface area contributed by atoms with E-state index in [9.17, 15) is 19.1 Å². The van der Waals surface area contributed by atoms with Crippen LogP contribution in [0, 0.1) is 19.7 Å². The highest BCUT2D eigenvalue weighted by Gasteiger charge is 2.47. The Balaban J connectivity index is 1.90. The number of aliphatic hydroxyl groups excluding tert-OH is 1. The summed E-state index contributed by atoms with van der Waals surface area (Å²) in [5.41, 5.74) is 2.92. The fraction of sp³-hybridized carbons (Fsp3) is 0.160. The lowest BCUT2D eigenvalue weighted by molar-refractivity contribution is -0.140. The molecule has 2 heterocycles. The number of ketones is 1. The summed E-state index contributed by atoms with van der Waals surface area (Å²) in [4.78, 5) is 31.5. The quantitative estimate of drug-likeness (QED) is 0.387. The molecule has 31 heavy (non-hydrogen) atoms. The molecule has 0 radical (unpaired) electrons. The van der Waals surface area contributed by atoms with E-state index >= 15 is 0 Å². The third-order valence-corrected chi connectivity index (χ3v) is 5.58. The van der Waals surface area contributed by atoms with E-state index < -0.39 is 23.5 Å². The highest BCUT2D eigenvalue weighted by Crippen LogP contribution is 2.41. The van der Waals surface area contributed by atoms with Crippen LogP contribution in [0.5, 0.6) is 0 Å². The number of hydrogen-bond donors (Lipinski definition) is 1. The zero-order valence-electron chi connectivity index (χ0n) is 17.2. The number of amides is 1. The van der Waals surface area contributed by atoms with Crippen LogP contribution in [0.25, 0.3) is 5.76 Å². The van der Waals surface area contributed by atoms with Crippen molar-refractivity contribution in [1.82, 2.24) is 9.88 Å². The van der Waals surface area contributed by atoms with Gasteiger partial charge >= 0.3 is 0 Å². The molecule has 1 saturated heterocycles. The molecule has 0 bridgehead atoms. The number of halogens is 1. The maximum atomic E-state index is 14.8. The van der Waals surface area contributed by atoms with Crippen LogP contribution < -0.4 is 0 Å². The largest absolute Gasteiger partial charge is 0.507 e. The van der Waals surface area contributed by atoms with E-state index in [0.29, 0.717) is 11.3 Å². The van der Waals surface area contributed by atoms with E-state index in [0.717, 1.165) is 11.1 Å². The molecule has 4 rings (SSSR count). The van der Waals surface area contributed by atoms with Gasteiger partial charge in [0.05, 0.1) is 23.9 Å². The first-order valence-electron chi connectivity index (χ1n) is 9.89. The maximum Gasteiger partial charge on any atom is 0.296 e. The lowest BCUT2D eigenvalue weighted by Gasteiger charge is -2.25. The molecule has 1 fully saturated rings. The number of carbonyl (C=O) groups is 2. The van der Waals surface area contributed by atoms with Gasteiger partial charge in [-0.05, 0) is 49.2 Å². The van der Waals surface area contributed by atoms with Crippen LogP contribution in [-0.4, -0.2) is 26.7 Å². The zero-order valence-corrected chi connectivity index (χ0v) is 17.2. The average Bonchev–Trinajstić information content (AvgIpc) is 3.01. The topological polar surface area (TPSA) is 70.5 Å². The SMILES string of the molecule is Cc1ccc(/C(O)=C2\C(=O)C(=O)N(Cc3ccccn3)C2c2ccccc2F)cc1C. The molecule has 2 aromatic carbocycles. The first kappa shape index (κ1) is 20.5. The van der Waals surface area contributed by atoms with Gasteiger partial charge in [0.15, 0.2) is 0 Å². The summed E-state index contributed by atoms with van der Waals surface area (Å²) in [5, 5.41) is 11.1. The average molecular weight is 416 g/mol. The Morgan fingerprint density at radius 2 is 1.77 bits per heavy atom. The van der Waals surface area contributed by atoms with E-state index in [1.54, 1.807) is 42.6 Å². The number of likely N-dealkylation sites (tertiary alicyclic amines) is 1. The van der Waals surface area contributed by atoms with Crippen molar-refractivity contribution in [3.05, 3.63) is 106 Å². The minimum absolute atomic E-state index is 0.00806. The molecule has 1 amide bonds. The summed E-state index contributed by atoms with van der Waals surface area (Å²) in [6.07, 6.45) is 1.58. The van der Waals surface area contributed by atoms with Crippen LogP contribution in [-0.2, 0) is 16.1 Å². The predicted octanol–water partition coefficient (Wildman–Crippen LogP) is 4.46. The Bertz CT molecular complexity index is 1200.